The second kappa shape index (κ2) is 7.73. The first-order chi connectivity index (χ1) is 9.88. The molecule has 0 heterocycles. The van der Waals surface area contributed by atoms with Gasteiger partial charge in [-0.05, 0) is 24.3 Å². The Labute approximate surface area is 120 Å². The second-order valence-corrected chi connectivity index (χ2v) is 4.28. The van der Waals surface area contributed by atoms with Crippen molar-refractivity contribution in [1.29, 1.82) is 0 Å². The van der Waals surface area contributed by atoms with Crippen molar-refractivity contribution in [1.82, 2.24) is 0 Å². The summed E-state index contributed by atoms with van der Waals surface area (Å²) in [6, 6.07) is 5.24. The first-order valence-corrected chi connectivity index (χ1v) is 6.15. The van der Waals surface area contributed by atoms with E-state index in [1.54, 1.807) is 24.3 Å². The zero-order chi connectivity index (χ0) is 15.8. The molecular formula is C13H16N2O6. The molecule has 8 nitrogen and oxygen atoms in total. The van der Waals surface area contributed by atoms with Crippen LogP contribution in [-0.2, 0) is 14.4 Å². The van der Waals surface area contributed by atoms with Crippen LogP contribution >= 0.6 is 0 Å². The molecule has 0 saturated heterocycles. The molecule has 0 aromatic heterocycles. The van der Waals surface area contributed by atoms with Gasteiger partial charge in [-0.1, -0.05) is 0 Å². The predicted octanol–water partition coefficient (Wildman–Crippen LogP) is 0.913. The van der Waals surface area contributed by atoms with E-state index in [2.05, 4.69) is 10.6 Å². The Morgan fingerprint density at radius 1 is 0.952 bits per heavy atom. The minimum Gasteiger partial charge on any atom is -0.481 e. The van der Waals surface area contributed by atoms with Crippen LogP contribution in [-0.4, -0.2) is 45.8 Å². The minimum absolute atomic E-state index is 0.0142. The Balaban J connectivity index is 2.58. The zero-order valence-corrected chi connectivity index (χ0v) is 11.1. The second-order valence-electron chi connectivity index (χ2n) is 4.28. The minimum atomic E-state index is -1.25. The Morgan fingerprint density at radius 2 is 1.52 bits per heavy atom. The van der Waals surface area contributed by atoms with E-state index in [-0.39, 0.29) is 13.0 Å². The summed E-state index contributed by atoms with van der Waals surface area (Å²) in [7, 11) is 0. The van der Waals surface area contributed by atoms with E-state index in [0.29, 0.717) is 11.4 Å². The number of aliphatic carboxylic acids is 3. The van der Waals surface area contributed by atoms with Crippen molar-refractivity contribution in [2.45, 2.75) is 18.9 Å². The van der Waals surface area contributed by atoms with Gasteiger partial charge in [0.1, 0.15) is 6.04 Å². The Bertz CT molecular complexity index is 514. The maximum absolute atomic E-state index is 10.9. The van der Waals surface area contributed by atoms with Crippen LogP contribution in [0.25, 0.3) is 0 Å². The third kappa shape index (κ3) is 6.28. The third-order valence-corrected chi connectivity index (χ3v) is 2.57. The fourth-order valence-corrected chi connectivity index (χ4v) is 1.57. The number of hydrogen-bond acceptors (Lipinski definition) is 5. The first-order valence-electron chi connectivity index (χ1n) is 6.15. The molecule has 1 unspecified atom stereocenters. The quantitative estimate of drug-likeness (QED) is 0.453. The summed E-state index contributed by atoms with van der Waals surface area (Å²) in [5, 5.41) is 31.6. The van der Waals surface area contributed by atoms with Crippen LogP contribution < -0.4 is 10.6 Å². The topological polar surface area (TPSA) is 136 Å². The average molecular weight is 296 g/mol. The highest BCUT2D eigenvalue weighted by molar-refractivity contribution is 5.83. The van der Waals surface area contributed by atoms with E-state index >= 15 is 0 Å². The van der Waals surface area contributed by atoms with Gasteiger partial charge in [-0.3, -0.25) is 9.59 Å². The maximum Gasteiger partial charge on any atom is 0.326 e. The van der Waals surface area contributed by atoms with Gasteiger partial charge in [0.25, 0.3) is 0 Å². The molecule has 114 valence electrons. The van der Waals surface area contributed by atoms with E-state index in [1.807, 2.05) is 0 Å². The smallest absolute Gasteiger partial charge is 0.326 e. The Hall–Kier alpha value is -2.77. The summed E-state index contributed by atoms with van der Waals surface area (Å²) in [6.45, 7) is 0.277. The van der Waals surface area contributed by atoms with Gasteiger partial charge < -0.3 is 26.0 Å². The lowest BCUT2D eigenvalue weighted by Gasteiger charge is -2.14. The molecule has 21 heavy (non-hydrogen) atoms. The molecule has 5 N–H and O–H groups in total. The van der Waals surface area contributed by atoms with Crippen LogP contribution in [0.3, 0.4) is 0 Å². The van der Waals surface area contributed by atoms with Gasteiger partial charge in [0, 0.05) is 17.9 Å². The molecule has 0 radical (unpaired) electrons. The number of anilines is 2. The molecular weight excluding hydrogens is 280 g/mol. The average Bonchev–Trinajstić information content (AvgIpc) is 2.39. The first kappa shape index (κ1) is 16.3. The standard InChI is InChI=1S/C13H16N2O6/c16-11(17)5-6-14-8-1-3-9(4-2-8)15-10(13(20)21)7-12(18)19/h1-4,10,14-15H,5-7H2,(H,16,17)(H,18,19)(H,20,21). The molecule has 1 rings (SSSR count). The molecule has 1 aromatic rings. The molecule has 0 fully saturated rings. The fourth-order valence-electron chi connectivity index (χ4n) is 1.57. The highest BCUT2D eigenvalue weighted by atomic mass is 16.4. The summed E-state index contributed by atoms with van der Waals surface area (Å²) in [6.07, 6.45) is -0.548. The van der Waals surface area contributed by atoms with Gasteiger partial charge in [0.2, 0.25) is 0 Å². The number of carboxylic acid groups (broad SMARTS) is 3. The lowest BCUT2D eigenvalue weighted by atomic mass is 10.2. The SMILES string of the molecule is O=C(O)CCNc1ccc(NC(CC(=O)O)C(=O)O)cc1. The normalized spacial score (nSPS) is 11.4. The molecule has 0 aliphatic heterocycles. The fraction of sp³-hybridized carbons (Fsp3) is 0.308. The summed E-state index contributed by atoms with van der Waals surface area (Å²) in [5.74, 6) is -3.36. The van der Waals surface area contributed by atoms with Crippen LogP contribution in [0.5, 0.6) is 0 Å². The van der Waals surface area contributed by atoms with Crippen LogP contribution in [0, 0.1) is 0 Å². The van der Waals surface area contributed by atoms with Gasteiger partial charge in [-0.2, -0.15) is 0 Å². The molecule has 0 aliphatic carbocycles. The van der Waals surface area contributed by atoms with Crippen molar-refractivity contribution in [3.05, 3.63) is 24.3 Å². The summed E-state index contributed by atoms with van der Waals surface area (Å²) < 4.78 is 0. The number of nitrogens with one attached hydrogen (secondary N) is 2. The third-order valence-electron chi connectivity index (χ3n) is 2.57. The van der Waals surface area contributed by atoms with E-state index in [9.17, 15) is 14.4 Å². The van der Waals surface area contributed by atoms with Crippen molar-refractivity contribution >= 4 is 29.3 Å². The molecule has 0 spiro atoms. The van der Waals surface area contributed by atoms with Crippen molar-refractivity contribution in [2.75, 3.05) is 17.2 Å². The van der Waals surface area contributed by atoms with Crippen molar-refractivity contribution in [2.24, 2.45) is 0 Å². The van der Waals surface area contributed by atoms with Crippen LogP contribution in [0.15, 0.2) is 24.3 Å². The van der Waals surface area contributed by atoms with Gasteiger partial charge in [-0.15, -0.1) is 0 Å². The number of hydrogen-bond donors (Lipinski definition) is 5. The summed E-state index contributed by atoms with van der Waals surface area (Å²) >= 11 is 0. The van der Waals surface area contributed by atoms with Crippen LogP contribution in [0.4, 0.5) is 11.4 Å². The van der Waals surface area contributed by atoms with Crippen molar-refractivity contribution < 1.29 is 29.7 Å². The van der Waals surface area contributed by atoms with Crippen LogP contribution in [0.2, 0.25) is 0 Å². The largest absolute Gasteiger partial charge is 0.481 e. The summed E-state index contributed by atoms with van der Waals surface area (Å²) in [4.78, 5) is 31.9. The van der Waals surface area contributed by atoms with Gasteiger partial charge in [0.15, 0.2) is 0 Å². The molecule has 1 atom stereocenters. The molecule has 0 amide bonds. The number of carbonyl (C=O) groups is 3. The number of carboxylic acids is 3. The summed E-state index contributed by atoms with van der Waals surface area (Å²) in [5.41, 5.74) is 1.15. The van der Waals surface area contributed by atoms with Gasteiger partial charge >= 0.3 is 17.9 Å². The number of benzene rings is 1. The van der Waals surface area contributed by atoms with E-state index in [1.165, 1.54) is 0 Å². The van der Waals surface area contributed by atoms with Gasteiger partial charge in [0.05, 0.1) is 12.8 Å². The Morgan fingerprint density at radius 3 is 2.00 bits per heavy atom. The molecule has 0 aliphatic rings. The highest BCUT2D eigenvalue weighted by Crippen LogP contribution is 2.15. The van der Waals surface area contributed by atoms with Gasteiger partial charge in [-0.25, -0.2) is 4.79 Å². The zero-order valence-electron chi connectivity index (χ0n) is 11.1. The van der Waals surface area contributed by atoms with E-state index in [0.717, 1.165) is 0 Å². The van der Waals surface area contributed by atoms with Crippen molar-refractivity contribution in [3.63, 3.8) is 0 Å². The molecule has 8 heteroatoms. The monoisotopic (exact) mass is 296 g/mol. The number of rotatable bonds is 9. The molecule has 0 bridgehead atoms. The predicted molar refractivity (Wildman–Crippen MR) is 74.5 cm³/mol. The van der Waals surface area contributed by atoms with Crippen molar-refractivity contribution in [3.8, 4) is 0 Å². The molecule has 1 aromatic carbocycles. The lowest BCUT2D eigenvalue weighted by molar-refractivity contribution is -0.144. The van der Waals surface area contributed by atoms with E-state index < -0.39 is 30.4 Å². The maximum atomic E-state index is 10.9. The van der Waals surface area contributed by atoms with Crippen LogP contribution in [0.1, 0.15) is 12.8 Å². The Kier molecular flexibility index (Phi) is 5.99. The van der Waals surface area contributed by atoms with E-state index in [4.69, 9.17) is 15.3 Å². The lowest BCUT2D eigenvalue weighted by Crippen LogP contribution is -2.31. The highest BCUT2D eigenvalue weighted by Gasteiger charge is 2.20. The molecule has 0 saturated carbocycles.